The molecule has 0 saturated carbocycles. The van der Waals surface area contributed by atoms with E-state index < -0.39 is 0 Å². The summed E-state index contributed by atoms with van der Waals surface area (Å²) in [4.78, 5) is 20.0. The molecular formula is C22H21N5O2. The monoisotopic (exact) mass is 387 g/mol. The second-order valence-electron chi connectivity index (χ2n) is 6.06. The number of aliphatic imine (C=N–C) groups is 1. The topological polar surface area (TPSA) is 92.4 Å². The molecule has 1 aromatic heterocycles. The van der Waals surface area contributed by atoms with E-state index in [0.29, 0.717) is 17.1 Å². The summed E-state index contributed by atoms with van der Waals surface area (Å²) in [6.45, 7) is -0.0961. The summed E-state index contributed by atoms with van der Waals surface area (Å²) >= 11 is 0. The van der Waals surface area contributed by atoms with Crippen LogP contribution in [0.5, 0.6) is 5.75 Å². The van der Waals surface area contributed by atoms with Crippen LogP contribution < -0.4 is 10.1 Å². The molecule has 0 bridgehead atoms. The summed E-state index contributed by atoms with van der Waals surface area (Å²) in [6.07, 6.45) is 10.3. The van der Waals surface area contributed by atoms with Gasteiger partial charge >= 0.3 is 0 Å². The number of rotatable bonds is 8. The number of imidazole rings is 1. The first-order chi connectivity index (χ1) is 14.2. The van der Waals surface area contributed by atoms with Crippen molar-refractivity contribution in [2.75, 3.05) is 19.0 Å². The Labute approximate surface area is 168 Å². The van der Waals surface area contributed by atoms with Crippen LogP contribution in [-0.4, -0.2) is 41.0 Å². The fourth-order valence-electron chi connectivity index (χ4n) is 2.53. The first-order valence-electron chi connectivity index (χ1n) is 8.94. The van der Waals surface area contributed by atoms with Gasteiger partial charge in [0.05, 0.1) is 12.0 Å². The van der Waals surface area contributed by atoms with Gasteiger partial charge in [-0.1, -0.05) is 12.1 Å². The van der Waals surface area contributed by atoms with E-state index in [1.807, 2.05) is 22.9 Å². The summed E-state index contributed by atoms with van der Waals surface area (Å²) in [7, 11) is 1.67. The second kappa shape index (κ2) is 9.80. The number of carbonyl (C=O) groups is 1. The lowest BCUT2D eigenvalue weighted by atomic mass is 10.1. The zero-order valence-corrected chi connectivity index (χ0v) is 15.9. The number of amides is 1. The Morgan fingerprint density at radius 1 is 1.21 bits per heavy atom. The summed E-state index contributed by atoms with van der Waals surface area (Å²) in [5.41, 5.74) is 2.72. The van der Waals surface area contributed by atoms with Crippen LogP contribution in [0.25, 0.3) is 5.69 Å². The van der Waals surface area contributed by atoms with Crippen molar-refractivity contribution in [3.63, 3.8) is 0 Å². The number of aromatic nitrogens is 2. The second-order valence-corrected chi connectivity index (χ2v) is 6.06. The summed E-state index contributed by atoms with van der Waals surface area (Å²) in [5, 5.41) is 10.8. The Balaban J connectivity index is 1.49. The van der Waals surface area contributed by atoms with Crippen LogP contribution in [0.3, 0.4) is 0 Å². The molecule has 29 heavy (non-hydrogen) atoms. The number of anilines is 1. The lowest BCUT2D eigenvalue weighted by Gasteiger charge is -2.09. The van der Waals surface area contributed by atoms with Crippen LogP contribution in [0, 0.1) is 5.41 Å². The molecule has 0 aliphatic rings. The van der Waals surface area contributed by atoms with E-state index in [1.165, 1.54) is 0 Å². The fraction of sp³-hybridized carbons (Fsp3) is 0.0909. The molecule has 0 spiro atoms. The maximum absolute atomic E-state index is 12.1. The van der Waals surface area contributed by atoms with Crippen molar-refractivity contribution in [1.82, 2.24) is 9.55 Å². The molecule has 0 fully saturated rings. The largest absolute Gasteiger partial charge is 0.484 e. The van der Waals surface area contributed by atoms with Crippen LogP contribution in [0.1, 0.15) is 5.56 Å². The summed E-state index contributed by atoms with van der Waals surface area (Å²) in [6, 6.07) is 14.5. The lowest BCUT2D eigenvalue weighted by molar-refractivity contribution is -0.118. The molecule has 1 amide bonds. The number of nitrogens with one attached hydrogen (secondary N) is 2. The van der Waals surface area contributed by atoms with Gasteiger partial charge in [0.2, 0.25) is 0 Å². The third-order valence-corrected chi connectivity index (χ3v) is 3.99. The minimum atomic E-state index is -0.259. The van der Waals surface area contributed by atoms with Crippen molar-refractivity contribution in [3.05, 3.63) is 85.0 Å². The Morgan fingerprint density at radius 3 is 2.62 bits per heavy atom. The first-order valence-corrected chi connectivity index (χ1v) is 8.94. The standard InChI is InChI=1S/C22H21N5O2/c1-24-12-2-3-21(23)17-4-6-18(7-5-17)26-22(28)15-29-20-10-8-19(9-11-20)27-14-13-25-16-27/h2-14,16,23H,15H2,1H3,(H,26,28)/b3-2-,23-21?,24-12-. The summed E-state index contributed by atoms with van der Waals surface area (Å²) < 4.78 is 7.42. The third-order valence-electron chi connectivity index (χ3n) is 3.99. The van der Waals surface area contributed by atoms with Crippen LogP contribution in [0.4, 0.5) is 5.69 Å². The molecule has 3 aromatic rings. The number of benzene rings is 2. The van der Waals surface area contributed by atoms with Crippen molar-refractivity contribution < 1.29 is 9.53 Å². The number of hydrogen-bond donors (Lipinski definition) is 2. The quantitative estimate of drug-likeness (QED) is 0.579. The third kappa shape index (κ3) is 5.74. The van der Waals surface area contributed by atoms with E-state index in [2.05, 4.69) is 15.3 Å². The molecule has 2 N–H and O–H groups in total. The highest BCUT2D eigenvalue weighted by Crippen LogP contribution is 2.15. The fourth-order valence-corrected chi connectivity index (χ4v) is 2.53. The Kier molecular flexibility index (Phi) is 6.67. The van der Waals surface area contributed by atoms with E-state index in [9.17, 15) is 4.79 Å². The molecule has 7 heteroatoms. The Morgan fingerprint density at radius 2 is 1.97 bits per heavy atom. The highest BCUT2D eigenvalue weighted by molar-refractivity contribution is 6.08. The van der Waals surface area contributed by atoms with Gasteiger partial charge in [-0.25, -0.2) is 4.98 Å². The average molecular weight is 387 g/mol. The highest BCUT2D eigenvalue weighted by atomic mass is 16.5. The highest BCUT2D eigenvalue weighted by Gasteiger charge is 2.05. The van der Waals surface area contributed by atoms with Gasteiger partial charge in [0, 0.05) is 37.0 Å². The molecule has 3 rings (SSSR count). The Bertz CT molecular complexity index is 1000. The van der Waals surface area contributed by atoms with Crippen molar-refractivity contribution in [2.24, 2.45) is 4.99 Å². The maximum Gasteiger partial charge on any atom is 0.262 e. The van der Waals surface area contributed by atoms with E-state index >= 15 is 0 Å². The van der Waals surface area contributed by atoms with Gasteiger partial charge in [0.15, 0.2) is 6.61 Å². The van der Waals surface area contributed by atoms with Gasteiger partial charge in [-0.15, -0.1) is 0 Å². The molecule has 146 valence electrons. The van der Waals surface area contributed by atoms with E-state index in [1.54, 1.807) is 74.3 Å². The molecule has 0 radical (unpaired) electrons. The molecule has 0 saturated heterocycles. The molecule has 2 aromatic carbocycles. The first kappa shape index (κ1) is 19.8. The van der Waals surface area contributed by atoms with Crippen molar-refractivity contribution in [2.45, 2.75) is 0 Å². The van der Waals surface area contributed by atoms with Crippen LogP contribution in [-0.2, 0) is 4.79 Å². The molecule has 1 heterocycles. The average Bonchev–Trinajstić information content (AvgIpc) is 3.28. The van der Waals surface area contributed by atoms with Crippen molar-refractivity contribution in [3.8, 4) is 11.4 Å². The predicted molar refractivity (Wildman–Crippen MR) is 115 cm³/mol. The van der Waals surface area contributed by atoms with E-state index in [-0.39, 0.29) is 12.5 Å². The zero-order valence-electron chi connectivity index (χ0n) is 15.9. The van der Waals surface area contributed by atoms with Gasteiger partial charge in [-0.2, -0.15) is 0 Å². The van der Waals surface area contributed by atoms with Gasteiger partial charge in [0.25, 0.3) is 5.91 Å². The van der Waals surface area contributed by atoms with Crippen LogP contribution in [0.15, 0.2) is 84.4 Å². The number of ether oxygens (including phenoxy) is 1. The van der Waals surface area contributed by atoms with Crippen molar-refractivity contribution >= 4 is 23.5 Å². The van der Waals surface area contributed by atoms with E-state index in [4.69, 9.17) is 10.1 Å². The minimum absolute atomic E-state index is 0.0961. The molecule has 0 aliphatic heterocycles. The molecule has 0 aliphatic carbocycles. The number of allylic oxidation sites excluding steroid dienone is 2. The molecule has 0 unspecified atom stereocenters. The predicted octanol–water partition coefficient (Wildman–Crippen LogP) is 3.51. The van der Waals surface area contributed by atoms with Gasteiger partial charge in [-0.05, 0) is 54.1 Å². The number of nitrogens with zero attached hydrogens (tertiary/aromatic N) is 3. The molecular weight excluding hydrogens is 366 g/mol. The zero-order chi connectivity index (χ0) is 20.5. The van der Waals surface area contributed by atoms with E-state index in [0.717, 1.165) is 11.3 Å². The van der Waals surface area contributed by atoms with Gasteiger partial charge in [-0.3, -0.25) is 9.79 Å². The van der Waals surface area contributed by atoms with Crippen LogP contribution >= 0.6 is 0 Å². The smallest absolute Gasteiger partial charge is 0.262 e. The minimum Gasteiger partial charge on any atom is -0.484 e. The SMILES string of the molecule is C/N=C\C=C/C(=N)c1ccc(NC(=O)COc2ccc(-n3ccnc3)cc2)cc1. The molecule has 0 atom stereocenters. The van der Waals surface area contributed by atoms with Gasteiger partial charge in [0.1, 0.15) is 5.75 Å². The Hall–Kier alpha value is -4.00. The maximum atomic E-state index is 12.1. The van der Waals surface area contributed by atoms with Crippen molar-refractivity contribution in [1.29, 1.82) is 5.41 Å². The summed E-state index contributed by atoms with van der Waals surface area (Å²) in [5.74, 6) is 0.348. The van der Waals surface area contributed by atoms with Crippen LogP contribution in [0.2, 0.25) is 0 Å². The number of hydrogen-bond acceptors (Lipinski definition) is 5. The molecule has 7 nitrogen and oxygen atoms in total. The lowest BCUT2D eigenvalue weighted by Crippen LogP contribution is -2.20. The normalized spacial score (nSPS) is 11.1. The van der Waals surface area contributed by atoms with Gasteiger partial charge < -0.3 is 20.0 Å². The number of carbonyl (C=O) groups excluding carboxylic acids is 1.